The number of nitrogens with zero attached hydrogens (tertiary/aromatic N) is 3. The van der Waals surface area contributed by atoms with Crippen molar-refractivity contribution in [3.05, 3.63) is 34.5 Å². The lowest BCUT2D eigenvalue weighted by atomic mass is 10.1. The Kier molecular flexibility index (Phi) is 3.41. The highest BCUT2D eigenvalue weighted by Crippen LogP contribution is 2.34. The normalized spacial score (nSPS) is 14.8. The quantitative estimate of drug-likeness (QED) is 0.718. The van der Waals surface area contributed by atoms with E-state index in [1.54, 1.807) is 6.26 Å². The van der Waals surface area contributed by atoms with E-state index in [4.69, 9.17) is 4.42 Å². The summed E-state index contributed by atoms with van der Waals surface area (Å²) in [4.78, 5) is 25.5. The molecule has 1 aliphatic heterocycles. The van der Waals surface area contributed by atoms with Crippen molar-refractivity contribution in [2.24, 2.45) is 0 Å². The molecule has 4 rings (SSSR count). The Morgan fingerprint density at radius 1 is 1.26 bits per heavy atom. The predicted molar refractivity (Wildman–Crippen MR) is 89.7 cm³/mol. The molecule has 0 spiro atoms. The Morgan fingerprint density at radius 2 is 2.04 bits per heavy atom. The molecule has 23 heavy (non-hydrogen) atoms. The van der Waals surface area contributed by atoms with Crippen LogP contribution in [0.5, 0.6) is 0 Å². The first-order chi connectivity index (χ1) is 11.1. The topological polar surface area (TPSA) is 59.2 Å². The van der Waals surface area contributed by atoms with Crippen molar-refractivity contribution in [2.75, 3.05) is 13.1 Å². The molecule has 3 aromatic rings. The molecule has 1 amide bonds. The molecule has 3 aromatic heterocycles. The van der Waals surface area contributed by atoms with E-state index >= 15 is 0 Å². The zero-order valence-electron chi connectivity index (χ0n) is 13.1. The fourth-order valence-electron chi connectivity index (χ4n) is 3.12. The Hall–Kier alpha value is -2.21. The van der Waals surface area contributed by atoms with Crippen LogP contribution in [0.2, 0.25) is 0 Å². The molecule has 5 nitrogen and oxygen atoms in total. The van der Waals surface area contributed by atoms with E-state index < -0.39 is 0 Å². The van der Waals surface area contributed by atoms with Crippen LogP contribution in [-0.2, 0) is 0 Å². The van der Waals surface area contributed by atoms with Crippen LogP contribution >= 0.6 is 11.3 Å². The van der Waals surface area contributed by atoms with Crippen molar-refractivity contribution in [1.29, 1.82) is 0 Å². The minimum atomic E-state index is 0.127. The highest BCUT2D eigenvalue weighted by molar-refractivity contribution is 7.20. The minimum absolute atomic E-state index is 0.127. The molecule has 0 aromatic carbocycles. The third-order valence-electron chi connectivity index (χ3n) is 4.30. The Morgan fingerprint density at radius 3 is 2.74 bits per heavy atom. The summed E-state index contributed by atoms with van der Waals surface area (Å²) in [7, 11) is 0. The Labute approximate surface area is 138 Å². The van der Waals surface area contributed by atoms with Gasteiger partial charge in [0.05, 0.1) is 16.8 Å². The van der Waals surface area contributed by atoms with Gasteiger partial charge in [-0.15, -0.1) is 11.3 Å². The molecule has 1 fully saturated rings. The number of carbonyl (C=O) groups excluding carboxylic acids is 1. The molecule has 0 atom stereocenters. The number of likely N-dealkylation sites (tertiary alicyclic amines) is 1. The molecule has 1 aliphatic rings. The Bertz CT molecular complexity index is 877. The van der Waals surface area contributed by atoms with Gasteiger partial charge in [-0.1, -0.05) is 0 Å². The van der Waals surface area contributed by atoms with Gasteiger partial charge in [-0.05, 0) is 44.4 Å². The molecule has 1 saturated heterocycles. The fourth-order valence-corrected chi connectivity index (χ4v) is 4.32. The lowest BCUT2D eigenvalue weighted by molar-refractivity contribution is 0.0797. The van der Waals surface area contributed by atoms with Gasteiger partial charge >= 0.3 is 0 Å². The van der Waals surface area contributed by atoms with Crippen LogP contribution in [0.15, 0.2) is 22.8 Å². The van der Waals surface area contributed by atoms with E-state index in [0.717, 1.165) is 52.3 Å². The second-order valence-electron chi connectivity index (χ2n) is 5.85. The Balaban J connectivity index is 1.83. The maximum absolute atomic E-state index is 12.7. The number of hydrogen-bond donors (Lipinski definition) is 0. The van der Waals surface area contributed by atoms with Crippen LogP contribution in [0, 0.1) is 13.8 Å². The number of furan rings is 1. The molecular formula is C17H17N3O2S. The molecule has 0 N–H and O–H groups in total. The van der Waals surface area contributed by atoms with Crippen LogP contribution in [-0.4, -0.2) is 33.9 Å². The van der Waals surface area contributed by atoms with Crippen molar-refractivity contribution < 1.29 is 9.21 Å². The first-order valence-electron chi connectivity index (χ1n) is 7.76. The van der Waals surface area contributed by atoms with E-state index in [-0.39, 0.29) is 5.91 Å². The van der Waals surface area contributed by atoms with Gasteiger partial charge in [0, 0.05) is 18.5 Å². The first kappa shape index (κ1) is 14.4. The number of aromatic nitrogens is 2. The number of rotatable bonds is 2. The smallest absolute Gasteiger partial charge is 0.264 e. The van der Waals surface area contributed by atoms with Crippen molar-refractivity contribution in [3.8, 4) is 11.6 Å². The highest BCUT2D eigenvalue weighted by Gasteiger charge is 2.25. The van der Waals surface area contributed by atoms with Gasteiger partial charge in [-0.3, -0.25) is 4.79 Å². The van der Waals surface area contributed by atoms with Gasteiger partial charge in [0.1, 0.15) is 4.83 Å². The van der Waals surface area contributed by atoms with Crippen LogP contribution in [0.3, 0.4) is 0 Å². The maximum Gasteiger partial charge on any atom is 0.264 e. The van der Waals surface area contributed by atoms with E-state index in [1.165, 1.54) is 11.3 Å². The molecule has 0 bridgehead atoms. The van der Waals surface area contributed by atoms with Crippen molar-refractivity contribution in [2.45, 2.75) is 26.7 Å². The van der Waals surface area contributed by atoms with Crippen LogP contribution in [0.25, 0.3) is 21.8 Å². The van der Waals surface area contributed by atoms with Crippen LogP contribution in [0.1, 0.15) is 33.8 Å². The first-order valence-corrected chi connectivity index (χ1v) is 8.57. The fraction of sp³-hybridized carbons (Fsp3) is 0.353. The number of amides is 1. The molecule has 6 heteroatoms. The number of carbonyl (C=O) groups is 1. The molecule has 0 unspecified atom stereocenters. The lowest BCUT2D eigenvalue weighted by Gasteiger charge is -2.14. The number of aryl methyl sites for hydroxylation is 2. The molecule has 118 valence electrons. The maximum atomic E-state index is 12.7. The lowest BCUT2D eigenvalue weighted by Crippen LogP contribution is -2.27. The largest absolute Gasteiger partial charge is 0.461 e. The standard InChI is InChI=1S/C17H17N3O2S/c1-10-13-11(2)18-15(12-6-5-9-22-12)19-16(13)23-14(10)17(21)20-7-3-4-8-20/h5-6,9H,3-4,7-8H2,1-2H3. The molecule has 0 radical (unpaired) electrons. The van der Waals surface area contributed by atoms with Gasteiger partial charge < -0.3 is 9.32 Å². The predicted octanol–water partition coefficient (Wildman–Crippen LogP) is 3.80. The van der Waals surface area contributed by atoms with Crippen LogP contribution in [0.4, 0.5) is 0 Å². The summed E-state index contributed by atoms with van der Waals surface area (Å²) in [5.74, 6) is 1.34. The van der Waals surface area contributed by atoms with Gasteiger partial charge in [0.15, 0.2) is 11.6 Å². The summed E-state index contributed by atoms with van der Waals surface area (Å²) in [5, 5.41) is 0.993. The summed E-state index contributed by atoms with van der Waals surface area (Å²) in [6, 6.07) is 3.66. The van der Waals surface area contributed by atoms with E-state index in [2.05, 4.69) is 9.97 Å². The number of hydrogen-bond acceptors (Lipinski definition) is 5. The van der Waals surface area contributed by atoms with Gasteiger partial charge in [-0.25, -0.2) is 9.97 Å². The van der Waals surface area contributed by atoms with Crippen molar-refractivity contribution >= 4 is 27.5 Å². The van der Waals surface area contributed by atoms with Gasteiger partial charge in [-0.2, -0.15) is 0 Å². The molecule has 0 aliphatic carbocycles. The summed E-state index contributed by atoms with van der Waals surface area (Å²) in [6.45, 7) is 5.66. The van der Waals surface area contributed by atoms with Crippen molar-refractivity contribution in [3.63, 3.8) is 0 Å². The minimum Gasteiger partial charge on any atom is -0.461 e. The van der Waals surface area contributed by atoms with E-state index in [0.29, 0.717) is 11.6 Å². The summed E-state index contributed by atoms with van der Waals surface area (Å²) in [6.07, 6.45) is 3.80. The second kappa shape index (κ2) is 5.45. The van der Waals surface area contributed by atoms with Crippen LogP contribution < -0.4 is 0 Å². The number of thiophene rings is 1. The summed E-state index contributed by atoms with van der Waals surface area (Å²) in [5.41, 5.74) is 1.88. The highest BCUT2D eigenvalue weighted by atomic mass is 32.1. The monoisotopic (exact) mass is 327 g/mol. The summed E-state index contributed by atoms with van der Waals surface area (Å²) < 4.78 is 5.39. The zero-order chi connectivity index (χ0) is 16.0. The molecule has 0 saturated carbocycles. The SMILES string of the molecule is Cc1nc(-c2ccco2)nc2sc(C(=O)N3CCCC3)c(C)c12. The average Bonchev–Trinajstić information content (AvgIpc) is 3.28. The third kappa shape index (κ3) is 2.34. The molecule has 4 heterocycles. The zero-order valence-corrected chi connectivity index (χ0v) is 13.9. The van der Waals surface area contributed by atoms with Gasteiger partial charge in [0.2, 0.25) is 0 Å². The second-order valence-corrected chi connectivity index (χ2v) is 6.84. The average molecular weight is 327 g/mol. The third-order valence-corrected chi connectivity index (χ3v) is 5.47. The van der Waals surface area contributed by atoms with Crippen molar-refractivity contribution in [1.82, 2.24) is 14.9 Å². The van der Waals surface area contributed by atoms with E-state index in [9.17, 15) is 4.79 Å². The molecular weight excluding hydrogens is 310 g/mol. The van der Waals surface area contributed by atoms with Gasteiger partial charge in [0.25, 0.3) is 5.91 Å². The summed E-state index contributed by atoms with van der Waals surface area (Å²) >= 11 is 1.46. The number of fused-ring (bicyclic) bond motifs is 1. The van der Waals surface area contributed by atoms with E-state index in [1.807, 2.05) is 30.9 Å².